The lowest BCUT2D eigenvalue weighted by Crippen LogP contribution is -2.44. The highest BCUT2D eigenvalue weighted by atomic mass is 16.6. The van der Waals surface area contributed by atoms with E-state index in [2.05, 4.69) is 27.7 Å². The van der Waals surface area contributed by atoms with Crippen molar-refractivity contribution in [2.75, 3.05) is 0 Å². The topological polar surface area (TPSA) is 29.5 Å². The first-order valence-corrected chi connectivity index (χ1v) is 8.69. The molecule has 20 heavy (non-hydrogen) atoms. The van der Waals surface area contributed by atoms with Gasteiger partial charge in [0.2, 0.25) is 0 Å². The third-order valence-corrected chi connectivity index (χ3v) is 7.47. The van der Waals surface area contributed by atoms with Crippen LogP contribution in [0.15, 0.2) is 0 Å². The van der Waals surface area contributed by atoms with Crippen molar-refractivity contribution < 1.29 is 9.84 Å². The van der Waals surface area contributed by atoms with E-state index < -0.39 is 5.79 Å². The highest BCUT2D eigenvalue weighted by Gasteiger charge is 2.62. The smallest absolute Gasteiger partial charge is 0.165 e. The van der Waals surface area contributed by atoms with Gasteiger partial charge in [0, 0.05) is 12.8 Å². The summed E-state index contributed by atoms with van der Waals surface area (Å²) in [7, 11) is 0. The third kappa shape index (κ3) is 2.06. The lowest BCUT2D eigenvalue weighted by Gasteiger charge is -2.44. The van der Waals surface area contributed by atoms with Crippen LogP contribution in [-0.4, -0.2) is 17.0 Å². The summed E-state index contributed by atoms with van der Waals surface area (Å²) in [5.41, 5.74) is 0.826. The summed E-state index contributed by atoms with van der Waals surface area (Å²) in [6.45, 7) is 9.58. The van der Waals surface area contributed by atoms with Gasteiger partial charge in [-0.05, 0) is 61.7 Å². The predicted molar refractivity (Wildman–Crippen MR) is 81.3 cm³/mol. The van der Waals surface area contributed by atoms with Crippen LogP contribution in [0.3, 0.4) is 0 Å². The van der Waals surface area contributed by atoms with Gasteiger partial charge in [0.25, 0.3) is 0 Å². The number of rotatable bonds is 3. The number of ether oxygens (including phenoxy) is 1. The van der Waals surface area contributed by atoms with Crippen LogP contribution in [0, 0.1) is 22.7 Å². The van der Waals surface area contributed by atoms with E-state index in [0.717, 1.165) is 31.6 Å². The van der Waals surface area contributed by atoms with Gasteiger partial charge in [-0.15, -0.1) is 0 Å². The van der Waals surface area contributed by atoms with Crippen molar-refractivity contribution in [1.82, 2.24) is 0 Å². The fourth-order valence-corrected chi connectivity index (χ4v) is 5.63. The Morgan fingerprint density at radius 1 is 1.05 bits per heavy atom. The molecule has 0 radical (unpaired) electrons. The second-order valence-corrected chi connectivity index (χ2v) is 8.55. The van der Waals surface area contributed by atoms with Crippen LogP contribution in [0.4, 0.5) is 0 Å². The van der Waals surface area contributed by atoms with Gasteiger partial charge in [0.05, 0.1) is 6.10 Å². The fourth-order valence-electron chi connectivity index (χ4n) is 5.63. The van der Waals surface area contributed by atoms with Crippen LogP contribution in [0.5, 0.6) is 0 Å². The molecule has 0 aromatic carbocycles. The van der Waals surface area contributed by atoms with Crippen molar-refractivity contribution in [1.29, 1.82) is 0 Å². The Bertz CT molecular complexity index is 370. The summed E-state index contributed by atoms with van der Waals surface area (Å²) >= 11 is 0. The highest BCUT2D eigenvalue weighted by Crippen LogP contribution is 2.69. The third-order valence-electron chi connectivity index (χ3n) is 7.47. The van der Waals surface area contributed by atoms with E-state index >= 15 is 0 Å². The lowest BCUT2D eigenvalue weighted by atomic mass is 9.65. The Labute approximate surface area is 124 Å². The molecule has 3 rings (SSSR count). The summed E-state index contributed by atoms with van der Waals surface area (Å²) in [6.07, 6.45) is 9.32. The van der Waals surface area contributed by atoms with Crippen LogP contribution >= 0.6 is 0 Å². The Hall–Kier alpha value is -0.0800. The zero-order valence-corrected chi connectivity index (χ0v) is 13.7. The minimum absolute atomic E-state index is 0.188. The normalized spacial score (nSPS) is 43.6. The van der Waals surface area contributed by atoms with E-state index in [1.807, 2.05) is 0 Å². The minimum atomic E-state index is -0.833. The Morgan fingerprint density at radius 2 is 1.70 bits per heavy atom. The Kier molecular flexibility index (Phi) is 3.49. The van der Waals surface area contributed by atoms with Gasteiger partial charge >= 0.3 is 0 Å². The SMILES string of the molecule is CC(OC1(O)CCCCC1)[C@@H]1C[C@H]2CC[C@]1(C)C2(C)C. The number of hydrogen-bond donors (Lipinski definition) is 1. The first-order chi connectivity index (χ1) is 9.29. The predicted octanol–water partition coefficient (Wildman–Crippen LogP) is 4.51. The summed E-state index contributed by atoms with van der Waals surface area (Å²) in [6, 6.07) is 0. The molecule has 1 N–H and O–H groups in total. The van der Waals surface area contributed by atoms with Crippen LogP contribution in [0.2, 0.25) is 0 Å². The zero-order chi connectivity index (χ0) is 14.6. The summed E-state index contributed by atoms with van der Waals surface area (Å²) < 4.78 is 6.23. The average molecular weight is 280 g/mol. The molecule has 0 aliphatic heterocycles. The van der Waals surface area contributed by atoms with Gasteiger partial charge in [0.15, 0.2) is 5.79 Å². The molecule has 3 saturated carbocycles. The molecule has 2 nitrogen and oxygen atoms in total. The molecule has 1 unspecified atom stereocenters. The largest absolute Gasteiger partial charge is 0.365 e. The second kappa shape index (κ2) is 4.71. The molecule has 3 aliphatic carbocycles. The molecule has 3 aliphatic rings. The molecule has 0 spiro atoms. The maximum absolute atomic E-state index is 10.7. The summed E-state index contributed by atoms with van der Waals surface area (Å²) in [5.74, 6) is 0.631. The van der Waals surface area contributed by atoms with Crippen molar-refractivity contribution >= 4 is 0 Å². The molecule has 0 aromatic rings. The first kappa shape index (κ1) is 14.8. The van der Waals surface area contributed by atoms with E-state index in [0.29, 0.717) is 16.7 Å². The van der Waals surface area contributed by atoms with E-state index in [1.54, 1.807) is 0 Å². The molecule has 2 heteroatoms. The molecular formula is C18H32O2. The minimum Gasteiger partial charge on any atom is -0.365 e. The summed E-state index contributed by atoms with van der Waals surface area (Å²) in [4.78, 5) is 0. The molecule has 116 valence electrons. The Balaban J connectivity index is 1.71. The number of fused-ring (bicyclic) bond motifs is 2. The lowest BCUT2D eigenvalue weighted by molar-refractivity contribution is -0.257. The maximum atomic E-state index is 10.7. The van der Waals surface area contributed by atoms with E-state index in [9.17, 15) is 5.11 Å². The fraction of sp³-hybridized carbons (Fsp3) is 1.00. The molecule has 0 amide bonds. The highest BCUT2D eigenvalue weighted by molar-refractivity contribution is 5.11. The molecule has 0 saturated heterocycles. The zero-order valence-electron chi connectivity index (χ0n) is 13.7. The van der Waals surface area contributed by atoms with Crippen molar-refractivity contribution in [3.63, 3.8) is 0 Å². The maximum Gasteiger partial charge on any atom is 0.165 e. The first-order valence-electron chi connectivity index (χ1n) is 8.69. The van der Waals surface area contributed by atoms with Crippen molar-refractivity contribution in [3.8, 4) is 0 Å². The number of hydrogen-bond acceptors (Lipinski definition) is 2. The van der Waals surface area contributed by atoms with E-state index in [1.165, 1.54) is 25.7 Å². The monoisotopic (exact) mass is 280 g/mol. The Morgan fingerprint density at radius 3 is 2.20 bits per heavy atom. The van der Waals surface area contributed by atoms with Crippen LogP contribution in [0.1, 0.15) is 79.1 Å². The second-order valence-electron chi connectivity index (χ2n) is 8.55. The van der Waals surface area contributed by atoms with Crippen LogP contribution in [0.25, 0.3) is 0 Å². The van der Waals surface area contributed by atoms with Crippen molar-refractivity contribution in [2.24, 2.45) is 22.7 Å². The van der Waals surface area contributed by atoms with Gasteiger partial charge in [-0.25, -0.2) is 0 Å². The van der Waals surface area contributed by atoms with Gasteiger partial charge in [-0.1, -0.05) is 27.2 Å². The van der Waals surface area contributed by atoms with Gasteiger partial charge in [-0.2, -0.15) is 0 Å². The number of aliphatic hydroxyl groups is 1. The van der Waals surface area contributed by atoms with Gasteiger partial charge in [0.1, 0.15) is 0 Å². The van der Waals surface area contributed by atoms with Gasteiger partial charge < -0.3 is 9.84 Å². The van der Waals surface area contributed by atoms with Crippen molar-refractivity contribution in [3.05, 3.63) is 0 Å². The molecule has 0 aromatic heterocycles. The molecular weight excluding hydrogens is 248 g/mol. The molecule has 4 atom stereocenters. The molecule has 0 heterocycles. The molecule has 3 fully saturated rings. The standard InChI is InChI=1S/C18H32O2/c1-13(20-18(19)9-6-5-7-10-18)15-12-14-8-11-17(15,4)16(14,2)3/h13-15,19H,5-12H2,1-4H3/t13?,14-,15+,17+/m1/s1. The summed E-state index contributed by atoms with van der Waals surface area (Å²) in [5, 5.41) is 10.7. The van der Waals surface area contributed by atoms with Crippen LogP contribution < -0.4 is 0 Å². The van der Waals surface area contributed by atoms with Crippen molar-refractivity contribution in [2.45, 2.75) is 91.0 Å². The molecule has 2 bridgehead atoms. The van der Waals surface area contributed by atoms with E-state index in [-0.39, 0.29) is 6.10 Å². The van der Waals surface area contributed by atoms with E-state index in [4.69, 9.17) is 4.74 Å². The quantitative estimate of drug-likeness (QED) is 0.771. The van der Waals surface area contributed by atoms with Gasteiger partial charge in [-0.3, -0.25) is 0 Å². The average Bonchev–Trinajstić information content (AvgIpc) is 2.71. The van der Waals surface area contributed by atoms with Crippen LogP contribution in [-0.2, 0) is 4.74 Å².